The van der Waals surface area contributed by atoms with Crippen molar-refractivity contribution in [2.45, 2.75) is 26.5 Å². The number of esters is 1. The number of rotatable bonds is 2. The SMILES string of the molecule is CC(=O)Oc1ccc(C2=NN(C(C)=O)[C@]3(O2)C(=O)Nc2cc(Br)c(C)cc23)cc1. The molecule has 2 aromatic carbocycles. The van der Waals surface area contributed by atoms with E-state index in [0.29, 0.717) is 22.6 Å². The van der Waals surface area contributed by atoms with E-state index < -0.39 is 23.5 Å². The van der Waals surface area contributed by atoms with E-state index in [1.165, 1.54) is 13.8 Å². The molecule has 0 bridgehead atoms. The predicted octanol–water partition coefficient (Wildman–Crippen LogP) is 3.03. The van der Waals surface area contributed by atoms with Gasteiger partial charge in [-0.05, 0) is 48.9 Å². The van der Waals surface area contributed by atoms with Crippen LogP contribution in [0.4, 0.5) is 5.69 Å². The van der Waals surface area contributed by atoms with Gasteiger partial charge in [0.1, 0.15) is 5.75 Å². The highest BCUT2D eigenvalue weighted by atomic mass is 79.9. The molecule has 0 saturated heterocycles. The molecule has 1 atom stereocenters. The lowest BCUT2D eigenvalue weighted by Crippen LogP contribution is -2.49. The fourth-order valence-corrected chi connectivity index (χ4v) is 3.65. The summed E-state index contributed by atoms with van der Waals surface area (Å²) in [7, 11) is 0. The molecule has 0 aliphatic carbocycles. The zero-order valence-corrected chi connectivity index (χ0v) is 17.4. The Kier molecular flexibility index (Phi) is 4.42. The number of nitrogens with one attached hydrogen (secondary N) is 1. The van der Waals surface area contributed by atoms with Gasteiger partial charge in [-0.2, -0.15) is 5.01 Å². The number of carbonyl (C=O) groups is 3. The van der Waals surface area contributed by atoms with Crippen molar-refractivity contribution in [2.75, 3.05) is 5.32 Å². The summed E-state index contributed by atoms with van der Waals surface area (Å²) in [5.41, 5.74) is 0.746. The maximum atomic E-state index is 13.0. The minimum atomic E-state index is -1.71. The average Bonchev–Trinajstić information content (AvgIpc) is 3.17. The van der Waals surface area contributed by atoms with Crippen LogP contribution >= 0.6 is 15.9 Å². The molecule has 29 heavy (non-hydrogen) atoms. The molecule has 4 rings (SSSR count). The lowest BCUT2D eigenvalue weighted by molar-refractivity contribution is -0.160. The molecule has 2 aliphatic heterocycles. The Hall–Kier alpha value is -3.20. The molecule has 0 unspecified atom stereocenters. The summed E-state index contributed by atoms with van der Waals surface area (Å²) in [6.07, 6.45) is 0. The number of ether oxygens (including phenoxy) is 2. The molecule has 0 aromatic heterocycles. The lowest BCUT2D eigenvalue weighted by Gasteiger charge is -2.28. The predicted molar refractivity (Wildman–Crippen MR) is 107 cm³/mol. The molecular weight excluding hydrogens is 442 g/mol. The highest BCUT2D eigenvalue weighted by molar-refractivity contribution is 9.10. The summed E-state index contributed by atoms with van der Waals surface area (Å²) in [5, 5.41) is 8.10. The number of amides is 2. The summed E-state index contributed by atoms with van der Waals surface area (Å²) in [4.78, 5) is 36.4. The van der Waals surface area contributed by atoms with Gasteiger partial charge in [-0.3, -0.25) is 14.4 Å². The summed E-state index contributed by atoms with van der Waals surface area (Å²) >= 11 is 3.44. The highest BCUT2D eigenvalue weighted by Gasteiger charge is 2.60. The molecule has 0 saturated carbocycles. The monoisotopic (exact) mass is 457 g/mol. The number of fused-ring (bicyclic) bond motifs is 2. The quantitative estimate of drug-likeness (QED) is 0.551. The topological polar surface area (TPSA) is 97.3 Å². The van der Waals surface area contributed by atoms with E-state index in [0.717, 1.165) is 15.0 Å². The van der Waals surface area contributed by atoms with Gasteiger partial charge in [0, 0.05) is 23.9 Å². The highest BCUT2D eigenvalue weighted by Crippen LogP contribution is 2.47. The van der Waals surface area contributed by atoms with Crippen molar-refractivity contribution >= 4 is 45.3 Å². The number of hydrogen-bond donors (Lipinski definition) is 1. The first-order chi connectivity index (χ1) is 13.7. The molecule has 2 amide bonds. The minimum absolute atomic E-state index is 0.109. The molecular formula is C20H16BrN3O5. The molecule has 148 valence electrons. The van der Waals surface area contributed by atoms with Crippen LogP contribution in [0, 0.1) is 6.92 Å². The van der Waals surface area contributed by atoms with Crippen LogP contribution in [0.2, 0.25) is 0 Å². The van der Waals surface area contributed by atoms with Crippen molar-refractivity contribution in [1.29, 1.82) is 0 Å². The van der Waals surface area contributed by atoms with E-state index in [4.69, 9.17) is 9.47 Å². The Morgan fingerprint density at radius 3 is 2.52 bits per heavy atom. The van der Waals surface area contributed by atoms with Gasteiger partial charge < -0.3 is 14.8 Å². The largest absolute Gasteiger partial charge is 0.433 e. The van der Waals surface area contributed by atoms with Gasteiger partial charge in [-0.25, -0.2) is 0 Å². The molecule has 2 aliphatic rings. The standard InChI is InChI=1S/C20H16BrN3O5/c1-10-8-15-17(9-16(10)21)22-19(27)20(15)24(11(2)25)23-18(29-20)13-4-6-14(7-5-13)28-12(3)26/h4-9H,1-3H3,(H,22,27)/t20-/m1/s1. The second-order valence-corrected chi connectivity index (χ2v) is 7.56. The molecule has 0 radical (unpaired) electrons. The number of anilines is 1. The molecule has 2 heterocycles. The number of carbonyl (C=O) groups excluding carboxylic acids is 3. The normalized spacial score (nSPS) is 19.5. The first-order valence-corrected chi connectivity index (χ1v) is 9.51. The van der Waals surface area contributed by atoms with E-state index in [2.05, 4.69) is 26.3 Å². The van der Waals surface area contributed by atoms with Crippen molar-refractivity contribution in [1.82, 2.24) is 5.01 Å². The lowest BCUT2D eigenvalue weighted by atomic mass is 10.0. The summed E-state index contributed by atoms with van der Waals surface area (Å²) in [6.45, 7) is 4.50. The van der Waals surface area contributed by atoms with E-state index in [-0.39, 0.29) is 5.90 Å². The Morgan fingerprint density at radius 2 is 1.90 bits per heavy atom. The van der Waals surface area contributed by atoms with Crippen LogP contribution in [0.5, 0.6) is 5.75 Å². The molecule has 2 aromatic rings. The Bertz CT molecular complexity index is 1100. The summed E-state index contributed by atoms with van der Waals surface area (Å²) in [6, 6.07) is 9.98. The third-order valence-corrected chi connectivity index (χ3v) is 5.47. The average molecular weight is 458 g/mol. The van der Waals surface area contributed by atoms with Gasteiger partial charge in [0.25, 0.3) is 5.91 Å². The van der Waals surface area contributed by atoms with E-state index in [1.807, 2.05) is 6.92 Å². The van der Waals surface area contributed by atoms with Crippen molar-refractivity contribution in [3.63, 3.8) is 0 Å². The van der Waals surface area contributed by atoms with Crippen LogP contribution in [0.1, 0.15) is 30.5 Å². The molecule has 9 heteroatoms. The van der Waals surface area contributed by atoms with Crippen LogP contribution in [-0.2, 0) is 24.8 Å². The van der Waals surface area contributed by atoms with E-state index in [9.17, 15) is 14.4 Å². The number of hydrazone groups is 1. The summed E-state index contributed by atoms with van der Waals surface area (Å²) in [5.74, 6) is -0.911. The Morgan fingerprint density at radius 1 is 1.21 bits per heavy atom. The van der Waals surface area contributed by atoms with Gasteiger partial charge in [-0.1, -0.05) is 15.9 Å². The van der Waals surface area contributed by atoms with E-state index in [1.54, 1.807) is 36.4 Å². The minimum Gasteiger partial charge on any atom is -0.433 e. The zero-order chi connectivity index (χ0) is 20.9. The van der Waals surface area contributed by atoms with Crippen molar-refractivity contribution in [3.8, 4) is 5.75 Å². The van der Waals surface area contributed by atoms with Gasteiger partial charge >= 0.3 is 11.7 Å². The Balaban J connectivity index is 1.77. The number of nitrogens with zero attached hydrogens (tertiary/aromatic N) is 2. The van der Waals surface area contributed by atoms with Gasteiger partial charge in [-0.15, -0.1) is 5.10 Å². The third kappa shape index (κ3) is 2.98. The Labute approximate surface area is 174 Å². The smallest absolute Gasteiger partial charge is 0.314 e. The number of hydrogen-bond acceptors (Lipinski definition) is 6. The van der Waals surface area contributed by atoms with Crippen LogP contribution in [0.25, 0.3) is 0 Å². The summed E-state index contributed by atoms with van der Waals surface area (Å²) < 4.78 is 11.9. The van der Waals surface area contributed by atoms with Crippen molar-refractivity contribution in [3.05, 3.63) is 57.6 Å². The van der Waals surface area contributed by atoms with Crippen LogP contribution in [0.15, 0.2) is 46.0 Å². The maximum absolute atomic E-state index is 13.0. The van der Waals surface area contributed by atoms with Crippen molar-refractivity contribution in [2.24, 2.45) is 5.10 Å². The second kappa shape index (κ2) is 6.70. The number of halogens is 1. The van der Waals surface area contributed by atoms with Crippen LogP contribution < -0.4 is 10.1 Å². The van der Waals surface area contributed by atoms with Crippen LogP contribution in [0.3, 0.4) is 0 Å². The van der Waals surface area contributed by atoms with Gasteiger partial charge in [0.05, 0.1) is 11.3 Å². The number of aryl methyl sites for hydroxylation is 1. The first kappa shape index (κ1) is 19.1. The number of benzene rings is 2. The molecule has 1 N–H and O–H groups in total. The van der Waals surface area contributed by atoms with Crippen LogP contribution in [-0.4, -0.2) is 28.7 Å². The first-order valence-electron chi connectivity index (χ1n) is 8.71. The van der Waals surface area contributed by atoms with Gasteiger partial charge in [0.2, 0.25) is 11.8 Å². The zero-order valence-electron chi connectivity index (χ0n) is 15.8. The van der Waals surface area contributed by atoms with Crippen molar-refractivity contribution < 1.29 is 23.9 Å². The molecule has 0 fully saturated rings. The maximum Gasteiger partial charge on any atom is 0.314 e. The molecule has 1 spiro atoms. The molecule has 8 nitrogen and oxygen atoms in total. The fourth-order valence-electron chi connectivity index (χ4n) is 3.31. The van der Waals surface area contributed by atoms with E-state index >= 15 is 0 Å². The third-order valence-electron chi connectivity index (χ3n) is 4.61. The second-order valence-electron chi connectivity index (χ2n) is 6.70. The van der Waals surface area contributed by atoms with Gasteiger partial charge in [0.15, 0.2) is 0 Å². The fraction of sp³-hybridized carbons (Fsp3) is 0.200.